The zero-order valence-corrected chi connectivity index (χ0v) is 14.9. The number of likely N-dealkylation sites (N-methyl/N-ethyl adjacent to an activating group) is 1. The minimum Gasteiger partial charge on any atom is -0.480 e. The smallest absolute Gasteiger partial charge is 0.321 e. The number of nitrogens with one attached hydrogen (secondary N) is 1. The standard InChI is InChI=1S/C15H15F.C4H9NO2S/c1-2-4-12-7-9-13(10-8-12)14-5-3-6-15(16)11-14;1-5-3(2-8)4(6)7/h3,5-11H,2,4H2,1H3;3,5,8H,2H2,1H3,(H,6,7)/t;3-/m.1/s1. The van der Waals surface area contributed by atoms with Gasteiger partial charge in [0, 0.05) is 5.75 Å². The number of thiol groups is 1. The Bertz CT molecular complexity index is 628. The van der Waals surface area contributed by atoms with Crippen molar-refractivity contribution in [2.45, 2.75) is 25.8 Å². The number of carboxylic acids is 1. The molecule has 2 aromatic rings. The normalized spacial score (nSPS) is 11.3. The first kappa shape index (κ1) is 20.2. The quantitative estimate of drug-likeness (QED) is 0.690. The van der Waals surface area contributed by atoms with E-state index in [0.29, 0.717) is 5.75 Å². The lowest BCUT2D eigenvalue weighted by atomic mass is 10.0. The van der Waals surface area contributed by atoms with Crippen LogP contribution in [-0.2, 0) is 11.2 Å². The fourth-order valence-corrected chi connectivity index (χ4v) is 2.45. The van der Waals surface area contributed by atoms with Crippen molar-refractivity contribution >= 4 is 18.6 Å². The number of carboxylic acid groups (broad SMARTS) is 1. The van der Waals surface area contributed by atoms with E-state index in [9.17, 15) is 9.18 Å². The molecule has 0 radical (unpaired) electrons. The van der Waals surface area contributed by atoms with E-state index in [1.54, 1.807) is 19.2 Å². The van der Waals surface area contributed by atoms with Crippen LogP contribution < -0.4 is 5.32 Å². The molecule has 0 saturated heterocycles. The second-order valence-corrected chi connectivity index (χ2v) is 5.68. The molecule has 0 fully saturated rings. The fourth-order valence-electron chi connectivity index (χ4n) is 2.11. The van der Waals surface area contributed by atoms with Crippen LogP contribution in [0.5, 0.6) is 0 Å². The van der Waals surface area contributed by atoms with E-state index in [4.69, 9.17) is 5.11 Å². The maximum atomic E-state index is 13.1. The average molecular weight is 349 g/mol. The predicted octanol–water partition coefficient (Wildman–Crippen LogP) is 4.03. The predicted molar refractivity (Wildman–Crippen MR) is 100 cm³/mol. The first-order valence-corrected chi connectivity index (χ1v) is 8.50. The zero-order valence-electron chi connectivity index (χ0n) is 14.0. The Hall–Kier alpha value is -1.85. The Morgan fingerprint density at radius 3 is 2.29 bits per heavy atom. The molecule has 2 rings (SSSR count). The molecule has 0 unspecified atom stereocenters. The van der Waals surface area contributed by atoms with Crippen molar-refractivity contribution in [1.29, 1.82) is 0 Å². The molecule has 0 saturated carbocycles. The zero-order chi connectivity index (χ0) is 17.9. The third-order valence-electron chi connectivity index (χ3n) is 3.48. The average Bonchev–Trinajstić information content (AvgIpc) is 2.57. The third kappa shape index (κ3) is 6.72. The van der Waals surface area contributed by atoms with Crippen LogP contribution in [0.2, 0.25) is 0 Å². The maximum Gasteiger partial charge on any atom is 0.321 e. The van der Waals surface area contributed by atoms with E-state index < -0.39 is 12.0 Å². The molecule has 24 heavy (non-hydrogen) atoms. The van der Waals surface area contributed by atoms with Crippen LogP contribution in [0.15, 0.2) is 48.5 Å². The molecule has 0 amide bonds. The summed E-state index contributed by atoms with van der Waals surface area (Å²) in [5.41, 5.74) is 3.34. The summed E-state index contributed by atoms with van der Waals surface area (Å²) in [6, 6.07) is 14.5. The Morgan fingerprint density at radius 1 is 1.21 bits per heavy atom. The Morgan fingerprint density at radius 2 is 1.88 bits per heavy atom. The van der Waals surface area contributed by atoms with Gasteiger partial charge < -0.3 is 10.4 Å². The molecular formula is C19H24FNO2S. The van der Waals surface area contributed by atoms with Crippen molar-refractivity contribution in [2.24, 2.45) is 0 Å². The number of rotatable bonds is 6. The van der Waals surface area contributed by atoms with E-state index in [-0.39, 0.29) is 5.82 Å². The van der Waals surface area contributed by atoms with Crippen LogP contribution in [0.25, 0.3) is 11.1 Å². The van der Waals surface area contributed by atoms with Gasteiger partial charge in [-0.1, -0.05) is 49.7 Å². The molecule has 3 nitrogen and oxygen atoms in total. The highest BCUT2D eigenvalue weighted by Gasteiger charge is 2.10. The van der Waals surface area contributed by atoms with Gasteiger partial charge >= 0.3 is 5.97 Å². The molecule has 0 bridgehead atoms. The van der Waals surface area contributed by atoms with Crippen molar-refractivity contribution in [1.82, 2.24) is 5.32 Å². The van der Waals surface area contributed by atoms with Gasteiger partial charge in [0.05, 0.1) is 0 Å². The summed E-state index contributed by atoms with van der Waals surface area (Å²) in [7, 11) is 1.59. The lowest BCUT2D eigenvalue weighted by molar-refractivity contribution is -0.138. The van der Waals surface area contributed by atoms with E-state index in [1.807, 2.05) is 6.07 Å². The summed E-state index contributed by atoms with van der Waals surface area (Å²) in [6.07, 6.45) is 2.25. The molecule has 2 aromatic carbocycles. The molecule has 0 heterocycles. The molecular weight excluding hydrogens is 325 g/mol. The van der Waals surface area contributed by atoms with E-state index in [0.717, 1.165) is 24.0 Å². The van der Waals surface area contributed by atoms with Gasteiger partial charge in [0.15, 0.2) is 0 Å². The molecule has 2 N–H and O–H groups in total. The first-order valence-electron chi connectivity index (χ1n) is 7.87. The number of hydrogen-bond acceptors (Lipinski definition) is 3. The number of halogens is 1. The summed E-state index contributed by atoms with van der Waals surface area (Å²) in [4.78, 5) is 10.1. The monoisotopic (exact) mass is 349 g/mol. The first-order chi connectivity index (χ1) is 11.5. The number of carbonyl (C=O) groups is 1. The van der Waals surface area contributed by atoms with Crippen LogP contribution in [-0.4, -0.2) is 29.9 Å². The molecule has 0 aromatic heterocycles. The minimum absolute atomic E-state index is 0.185. The molecule has 0 aliphatic heterocycles. The van der Waals surface area contributed by atoms with Crippen LogP contribution in [0, 0.1) is 5.82 Å². The Balaban J connectivity index is 0.000000307. The SMILES string of the molecule is CCCc1ccc(-c2cccc(F)c2)cc1.CN[C@H](CS)C(=O)O. The van der Waals surface area contributed by atoms with Crippen molar-refractivity contribution in [3.8, 4) is 11.1 Å². The van der Waals surface area contributed by atoms with E-state index >= 15 is 0 Å². The van der Waals surface area contributed by atoms with Crippen molar-refractivity contribution < 1.29 is 14.3 Å². The van der Waals surface area contributed by atoms with Gasteiger partial charge in [-0.05, 0) is 42.3 Å². The number of benzene rings is 2. The van der Waals surface area contributed by atoms with Gasteiger partial charge in [0.25, 0.3) is 0 Å². The third-order valence-corrected chi connectivity index (χ3v) is 3.84. The van der Waals surface area contributed by atoms with Crippen molar-refractivity contribution in [3.63, 3.8) is 0 Å². The lowest BCUT2D eigenvalue weighted by Crippen LogP contribution is -2.35. The number of aryl methyl sites for hydroxylation is 1. The van der Waals surface area contributed by atoms with Crippen molar-refractivity contribution in [3.05, 3.63) is 59.9 Å². The van der Waals surface area contributed by atoms with Crippen LogP contribution in [0.3, 0.4) is 0 Å². The van der Waals surface area contributed by atoms with Gasteiger partial charge in [0.2, 0.25) is 0 Å². The van der Waals surface area contributed by atoms with Crippen molar-refractivity contribution in [2.75, 3.05) is 12.8 Å². The van der Waals surface area contributed by atoms with Gasteiger partial charge in [-0.2, -0.15) is 12.6 Å². The largest absolute Gasteiger partial charge is 0.480 e. The fraction of sp³-hybridized carbons (Fsp3) is 0.316. The summed E-state index contributed by atoms with van der Waals surface area (Å²) in [6.45, 7) is 2.17. The highest BCUT2D eigenvalue weighted by atomic mass is 32.1. The maximum absolute atomic E-state index is 13.1. The van der Waals surface area contributed by atoms with E-state index in [2.05, 4.69) is 49.1 Å². The molecule has 130 valence electrons. The van der Waals surface area contributed by atoms with Crippen LogP contribution in [0.4, 0.5) is 4.39 Å². The number of hydrogen-bond donors (Lipinski definition) is 3. The highest BCUT2D eigenvalue weighted by molar-refractivity contribution is 7.80. The second kappa shape index (κ2) is 10.8. The van der Waals surface area contributed by atoms with E-state index in [1.165, 1.54) is 11.6 Å². The molecule has 0 aliphatic carbocycles. The van der Waals surface area contributed by atoms with Gasteiger partial charge in [-0.15, -0.1) is 0 Å². The van der Waals surface area contributed by atoms with Gasteiger partial charge in [-0.3, -0.25) is 4.79 Å². The minimum atomic E-state index is -0.859. The van der Waals surface area contributed by atoms with Crippen LogP contribution >= 0.6 is 12.6 Å². The Labute approximate surface area is 148 Å². The summed E-state index contributed by atoms with van der Waals surface area (Å²) in [5.74, 6) is -0.719. The topological polar surface area (TPSA) is 49.3 Å². The molecule has 0 spiro atoms. The Kier molecular flexibility index (Phi) is 9.12. The molecule has 0 aliphatic rings. The van der Waals surface area contributed by atoms with Crippen LogP contribution in [0.1, 0.15) is 18.9 Å². The summed E-state index contributed by atoms with van der Waals surface area (Å²) >= 11 is 3.79. The molecule has 5 heteroatoms. The van der Waals surface area contributed by atoms with Gasteiger partial charge in [-0.25, -0.2) is 4.39 Å². The molecule has 1 atom stereocenters. The summed E-state index contributed by atoms with van der Waals surface area (Å²) < 4.78 is 13.1. The summed E-state index contributed by atoms with van der Waals surface area (Å²) in [5, 5.41) is 10.8. The lowest BCUT2D eigenvalue weighted by Gasteiger charge is -2.04. The highest BCUT2D eigenvalue weighted by Crippen LogP contribution is 2.20. The van der Waals surface area contributed by atoms with Gasteiger partial charge in [0.1, 0.15) is 11.9 Å². The number of aliphatic carboxylic acids is 1. The second-order valence-electron chi connectivity index (χ2n) is 5.32.